The minimum absolute atomic E-state index is 0.172. The summed E-state index contributed by atoms with van der Waals surface area (Å²) in [6.45, 7) is 7.11. The summed E-state index contributed by atoms with van der Waals surface area (Å²) in [5.41, 5.74) is 2.56. The maximum atomic E-state index is 9.40. The summed E-state index contributed by atoms with van der Waals surface area (Å²) < 4.78 is 6.24. The first-order valence-corrected chi connectivity index (χ1v) is 10.6. The first-order valence-electron chi connectivity index (χ1n) is 10.6. The van der Waals surface area contributed by atoms with Gasteiger partial charge in [0.2, 0.25) is 0 Å². The Labute approximate surface area is 167 Å². The van der Waals surface area contributed by atoms with Crippen molar-refractivity contribution in [2.24, 2.45) is 5.92 Å². The summed E-state index contributed by atoms with van der Waals surface area (Å²) >= 11 is 0. The van der Waals surface area contributed by atoms with E-state index >= 15 is 0 Å². The van der Waals surface area contributed by atoms with Crippen LogP contribution in [-0.4, -0.2) is 42.9 Å². The SMILES string of the molecule is CC1CCC(NC[C@@H]2CN(c3ccc(C#N)c4ncccc34)C[C@@H](C)O2)CC1. The van der Waals surface area contributed by atoms with Gasteiger partial charge in [-0.2, -0.15) is 5.26 Å². The Morgan fingerprint density at radius 3 is 2.79 bits per heavy atom. The molecule has 0 unspecified atom stereocenters. The van der Waals surface area contributed by atoms with Crippen molar-refractivity contribution in [3.05, 3.63) is 36.0 Å². The third kappa shape index (κ3) is 4.14. The summed E-state index contributed by atoms with van der Waals surface area (Å²) in [7, 11) is 0. The number of aromatic nitrogens is 1. The third-order valence-corrected chi connectivity index (χ3v) is 6.18. The van der Waals surface area contributed by atoms with Gasteiger partial charge in [0.25, 0.3) is 0 Å². The number of anilines is 1. The van der Waals surface area contributed by atoms with Crippen molar-refractivity contribution in [3.63, 3.8) is 0 Å². The number of fused-ring (bicyclic) bond motifs is 1. The Bertz CT molecular complexity index is 853. The van der Waals surface area contributed by atoms with Crippen molar-refractivity contribution in [2.45, 2.75) is 57.8 Å². The summed E-state index contributed by atoms with van der Waals surface area (Å²) in [6.07, 6.45) is 7.32. The van der Waals surface area contributed by atoms with E-state index < -0.39 is 0 Å². The van der Waals surface area contributed by atoms with E-state index in [9.17, 15) is 5.26 Å². The van der Waals surface area contributed by atoms with Crippen molar-refractivity contribution in [1.82, 2.24) is 10.3 Å². The van der Waals surface area contributed by atoms with E-state index in [1.54, 1.807) is 6.20 Å². The van der Waals surface area contributed by atoms with E-state index in [0.717, 1.165) is 42.1 Å². The van der Waals surface area contributed by atoms with Gasteiger partial charge in [-0.1, -0.05) is 6.92 Å². The van der Waals surface area contributed by atoms with Gasteiger partial charge in [-0.05, 0) is 62.8 Å². The molecule has 5 heteroatoms. The largest absolute Gasteiger partial charge is 0.370 e. The average Bonchev–Trinajstić information content (AvgIpc) is 2.72. The molecule has 0 bridgehead atoms. The first-order chi connectivity index (χ1) is 13.6. The van der Waals surface area contributed by atoms with Crippen molar-refractivity contribution in [3.8, 4) is 6.07 Å². The van der Waals surface area contributed by atoms with E-state index in [-0.39, 0.29) is 12.2 Å². The topological polar surface area (TPSA) is 61.2 Å². The van der Waals surface area contributed by atoms with E-state index in [4.69, 9.17) is 4.74 Å². The molecule has 1 saturated carbocycles. The van der Waals surface area contributed by atoms with Crippen LogP contribution in [0.4, 0.5) is 5.69 Å². The summed E-state index contributed by atoms with van der Waals surface area (Å²) in [5, 5.41) is 14.2. The van der Waals surface area contributed by atoms with Crippen molar-refractivity contribution >= 4 is 16.6 Å². The van der Waals surface area contributed by atoms with Crippen LogP contribution in [0.15, 0.2) is 30.5 Å². The van der Waals surface area contributed by atoms with Crippen LogP contribution in [0.5, 0.6) is 0 Å². The first kappa shape index (κ1) is 19.2. The number of pyridine rings is 1. The highest BCUT2D eigenvalue weighted by Crippen LogP contribution is 2.30. The number of nitrogens with one attached hydrogen (secondary N) is 1. The van der Waals surface area contributed by atoms with Crippen LogP contribution in [0, 0.1) is 17.2 Å². The number of morpholine rings is 1. The second-order valence-corrected chi connectivity index (χ2v) is 8.48. The fraction of sp³-hybridized carbons (Fsp3) is 0.565. The molecule has 1 aromatic carbocycles. The van der Waals surface area contributed by atoms with Crippen LogP contribution in [-0.2, 0) is 4.74 Å². The number of rotatable bonds is 4. The van der Waals surface area contributed by atoms with Gasteiger partial charge in [0.15, 0.2) is 0 Å². The molecule has 2 aliphatic rings. The maximum Gasteiger partial charge on any atom is 0.101 e. The molecule has 2 aromatic rings. The maximum absolute atomic E-state index is 9.40. The average molecular weight is 379 g/mol. The van der Waals surface area contributed by atoms with E-state index in [0.29, 0.717) is 11.6 Å². The Morgan fingerprint density at radius 1 is 1.18 bits per heavy atom. The number of ether oxygens (including phenoxy) is 1. The second-order valence-electron chi connectivity index (χ2n) is 8.48. The second kappa shape index (κ2) is 8.46. The zero-order chi connectivity index (χ0) is 19.5. The highest BCUT2D eigenvalue weighted by atomic mass is 16.5. The van der Waals surface area contributed by atoms with Gasteiger partial charge in [-0.25, -0.2) is 0 Å². The molecule has 0 amide bonds. The highest BCUT2D eigenvalue weighted by molar-refractivity contribution is 5.95. The van der Waals surface area contributed by atoms with Gasteiger partial charge in [0.1, 0.15) is 6.07 Å². The highest BCUT2D eigenvalue weighted by Gasteiger charge is 2.28. The summed E-state index contributed by atoms with van der Waals surface area (Å²) in [5.74, 6) is 0.873. The lowest BCUT2D eigenvalue weighted by Crippen LogP contribution is -2.51. The molecule has 1 N–H and O–H groups in total. The number of nitrogens with zero attached hydrogens (tertiary/aromatic N) is 3. The minimum atomic E-state index is 0.172. The molecule has 1 aliphatic carbocycles. The van der Waals surface area contributed by atoms with Crippen molar-refractivity contribution < 1.29 is 4.74 Å². The predicted octanol–water partition coefficient (Wildman–Crippen LogP) is 3.87. The van der Waals surface area contributed by atoms with Crippen LogP contribution in [0.2, 0.25) is 0 Å². The lowest BCUT2D eigenvalue weighted by molar-refractivity contribution is -0.0164. The molecule has 148 valence electrons. The Hall–Kier alpha value is -2.16. The molecule has 2 fully saturated rings. The van der Waals surface area contributed by atoms with Crippen LogP contribution >= 0.6 is 0 Å². The summed E-state index contributed by atoms with van der Waals surface area (Å²) in [6, 6.07) is 10.9. The molecular formula is C23H30N4O. The van der Waals surface area contributed by atoms with Crippen LogP contribution in [0.3, 0.4) is 0 Å². The van der Waals surface area contributed by atoms with Gasteiger partial charge >= 0.3 is 0 Å². The van der Waals surface area contributed by atoms with Gasteiger partial charge < -0.3 is 15.0 Å². The lowest BCUT2D eigenvalue weighted by Gasteiger charge is -2.39. The Morgan fingerprint density at radius 2 is 2.00 bits per heavy atom. The van der Waals surface area contributed by atoms with Gasteiger partial charge in [0.05, 0.1) is 23.3 Å². The number of benzene rings is 1. The zero-order valence-electron chi connectivity index (χ0n) is 16.9. The smallest absolute Gasteiger partial charge is 0.101 e. The van der Waals surface area contributed by atoms with Crippen molar-refractivity contribution in [2.75, 3.05) is 24.5 Å². The molecule has 28 heavy (non-hydrogen) atoms. The van der Waals surface area contributed by atoms with Crippen LogP contribution < -0.4 is 10.2 Å². The summed E-state index contributed by atoms with van der Waals surface area (Å²) in [4.78, 5) is 6.85. The van der Waals surface area contributed by atoms with E-state index in [1.165, 1.54) is 25.7 Å². The van der Waals surface area contributed by atoms with Crippen molar-refractivity contribution in [1.29, 1.82) is 5.26 Å². The molecule has 1 aromatic heterocycles. The van der Waals surface area contributed by atoms with Crippen LogP contribution in [0.25, 0.3) is 10.9 Å². The Kier molecular flexibility index (Phi) is 5.79. The third-order valence-electron chi connectivity index (χ3n) is 6.18. The van der Waals surface area contributed by atoms with Gasteiger partial charge in [-0.3, -0.25) is 4.98 Å². The van der Waals surface area contributed by atoms with Crippen LogP contribution in [0.1, 0.15) is 45.1 Å². The molecule has 0 radical (unpaired) electrons. The Balaban J connectivity index is 1.48. The molecule has 2 atom stereocenters. The lowest BCUT2D eigenvalue weighted by atomic mass is 9.87. The monoisotopic (exact) mass is 378 g/mol. The number of hydrogen-bond acceptors (Lipinski definition) is 5. The fourth-order valence-corrected chi connectivity index (χ4v) is 4.64. The van der Waals surface area contributed by atoms with E-state index in [1.807, 2.05) is 12.1 Å². The minimum Gasteiger partial charge on any atom is -0.370 e. The standard InChI is InChI=1S/C23H30N4O/c1-16-5-8-19(9-6-16)26-13-20-15-27(14-17(2)28-20)22-10-7-18(12-24)23-21(22)4-3-11-25-23/h3-4,7,10-11,16-17,19-20,26H,5-6,8-9,13-15H2,1-2H3/t16?,17-,19?,20-/m1/s1. The van der Waals surface area contributed by atoms with Gasteiger partial charge in [-0.15, -0.1) is 0 Å². The molecule has 5 nitrogen and oxygen atoms in total. The quantitative estimate of drug-likeness (QED) is 0.875. The number of hydrogen-bond donors (Lipinski definition) is 1. The molecule has 2 heterocycles. The molecular weight excluding hydrogens is 348 g/mol. The molecule has 1 saturated heterocycles. The molecule has 0 spiro atoms. The molecule has 1 aliphatic heterocycles. The van der Waals surface area contributed by atoms with E-state index in [2.05, 4.69) is 47.3 Å². The fourth-order valence-electron chi connectivity index (χ4n) is 4.64. The zero-order valence-corrected chi connectivity index (χ0v) is 16.9. The number of nitriles is 1. The molecule has 4 rings (SSSR count). The van der Waals surface area contributed by atoms with Gasteiger partial charge in [0, 0.05) is 42.9 Å². The normalized spacial score (nSPS) is 28.2. The predicted molar refractivity (Wildman–Crippen MR) is 112 cm³/mol.